The normalized spacial score (nSPS) is 34.4. The highest BCUT2D eigenvalue weighted by Gasteiger charge is 2.60. The van der Waals surface area contributed by atoms with Gasteiger partial charge in [-0.2, -0.15) is 0 Å². The predicted molar refractivity (Wildman–Crippen MR) is 110 cm³/mol. The summed E-state index contributed by atoms with van der Waals surface area (Å²) in [5, 5.41) is 23.2. The van der Waals surface area contributed by atoms with E-state index in [1.54, 1.807) is 13.8 Å². The van der Waals surface area contributed by atoms with Crippen molar-refractivity contribution in [1.29, 1.82) is 0 Å². The van der Waals surface area contributed by atoms with Crippen molar-refractivity contribution < 1.29 is 15.0 Å². The number of hydrogen-bond donors (Lipinski definition) is 2. The Morgan fingerprint density at radius 1 is 1.14 bits per heavy atom. The van der Waals surface area contributed by atoms with E-state index in [1.165, 1.54) is 11.1 Å². The van der Waals surface area contributed by atoms with Crippen LogP contribution in [-0.4, -0.2) is 21.6 Å². The zero-order valence-electron chi connectivity index (χ0n) is 17.0. The fourth-order valence-corrected chi connectivity index (χ4v) is 5.95. The molecule has 2 aliphatic rings. The van der Waals surface area contributed by atoms with Crippen LogP contribution in [0, 0.1) is 5.92 Å². The van der Waals surface area contributed by atoms with Crippen LogP contribution in [0.4, 0.5) is 0 Å². The van der Waals surface area contributed by atoms with E-state index >= 15 is 0 Å². The Hall–Kier alpha value is -1.97. The van der Waals surface area contributed by atoms with Crippen molar-refractivity contribution in [2.75, 3.05) is 0 Å². The standard InChI is InChI=1S/C25H30O3/c1-4-24-16-23(3,27)25(28,20-8-6-5-7-9-20)15-21(24)12-10-19-14-18(17(2)26)11-13-22(19)24/h5-9,11,13-14,21,27-28H,4,10,12,15-16H2,1-3H3. The number of carbonyl (C=O) groups is 1. The number of aryl methyl sites for hydroxylation is 1. The minimum atomic E-state index is -1.26. The molecule has 2 N–H and O–H groups in total. The molecule has 0 aliphatic heterocycles. The van der Waals surface area contributed by atoms with E-state index in [2.05, 4.69) is 13.0 Å². The molecule has 28 heavy (non-hydrogen) atoms. The summed E-state index contributed by atoms with van der Waals surface area (Å²) < 4.78 is 0. The maximum atomic E-state index is 11.8. The van der Waals surface area contributed by atoms with E-state index in [1.807, 2.05) is 42.5 Å². The second-order valence-corrected chi connectivity index (χ2v) is 9.05. The molecule has 0 heterocycles. The molecule has 1 fully saturated rings. The fourth-order valence-electron chi connectivity index (χ4n) is 5.95. The monoisotopic (exact) mass is 378 g/mol. The lowest BCUT2D eigenvalue weighted by molar-refractivity contribution is -0.205. The van der Waals surface area contributed by atoms with Crippen LogP contribution in [-0.2, 0) is 17.4 Å². The molecule has 2 aliphatic carbocycles. The highest BCUT2D eigenvalue weighted by atomic mass is 16.4. The zero-order valence-corrected chi connectivity index (χ0v) is 17.0. The molecule has 1 saturated carbocycles. The number of Topliss-reactive ketones (excluding diaryl/α,β-unsaturated/α-hetero) is 1. The third kappa shape index (κ3) is 2.67. The zero-order chi connectivity index (χ0) is 20.2. The molecule has 4 rings (SSSR count). The number of fused-ring (bicyclic) bond motifs is 3. The molecule has 3 heteroatoms. The summed E-state index contributed by atoms with van der Waals surface area (Å²) in [6.45, 7) is 5.57. The van der Waals surface area contributed by atoms with Crippen molar-refractivity contribution in [3.05, 3.63) is 70.8 Å². The minimum absolute atomic E-state index is 0.0876. The van der Waals surface area contributed by atoms with Gasteiger partial charge in [0.2, 0.25) is 0 Å². The highest BCUT2D eigenvalue weighted by Crippen LogP contribution is 2.59. The van der Waals surface area contributed by atoms with Crippen LogP contribution in [0.15, 0.2) is 48.5 Å². The van der Waals surface area contributed by atoms with Gasteiger partial charge in [0.1, 0.15) is 5.60 Å². The molecule has 0 aromatic heterocycles. The Morgan fingerprint density at radius 2 is 1.86 bits per heavy atom. The predicted octanol–water partition coefficient (Wildman–Crippen LogP) is 4.53. The Kier molecular flexibility index (Phi) is 4.52. The molecule has 0 saturated heterocycles. The average molecular weight is 379 g/mol. The molecule has 3 nitrogen and oxygen atoms in total. The van der Waals surface area contributed by atoms with Gasteiger partial charge in [0, 0.05) is 11.0 Å². The number of hydrogen-bond acceptors (Lipinski definition) is 3. The summed E-state index contributed by atoms with van der Waals surface area (Å²) in [7, 11) is 0. The molecular formula is C25H30O3. The van der Waals surface area contributed by atoms with Gasteiger partial charge in [0.15, 0.2) is 5.78 Å². The van der Waals surface area contributed by atoms with Gasteiger partial charge >= 0.3 is 0 Å². The molecule has 2 aromatic carbocycles. The van der Waals surface area contributed by atoms with Crippen LogP contribution in [0.5, 0.6) is 0 Å². The smallest absolute Gasteiger partial charge is 0.159 e. The second kappa shape index (κ2) is 6.53. The maximum absolute atomic E-state index is 11.8. The Morgan fingerprint density at radius 3 is 2.50 bits per heavy atom. The van der Waals surface area contributed by atoms with Crippen LogP contribution >= 0.6 is 0 Å². The molecule has 0 bridgehead atoms. The summed E-state index contributed by atoms with van der Waals surface area (Å²) in [5.74, 6) is 0.378. The van der Waals surface area contributed by atoms with Gasteiger partial charge < -0.3 is 10.2 Å². The lowest BCUT2D eigenvalue weighted by atomic mass is 9.49. The SMILES string of the molecule is CCC12CC(C)(O)C(O)(c3ccccc3)CC1CCc1cc(C(C)=O)ccc12. The first-order valence-corrected chi connectivity index (χ1v) is 10.4. The molecule has 148 valence electrons. The first-order valence-electron chi connectivity index (χ1n) is 10.4. The van der Waals surface area contributed by atoms with Crippen LogP contribution in [0.1, 0.15) is 73.5 Å². The third-order valence-electron chi connectivity index (χ3n) is 7.57. The fraction of sp³-hybridized carbons (Fsp3) is 0.480. The van der Waals surface area contributed by atoms with E-state index in [0.29, 0.717) is 18.8 Å². The van der Waals surface area contributed by atoms with Crippen molar-refractivity contribution in [2.45, 2.75) is 69.5 Å². The summed E-state index contributed by atoms with van der Waals surface area (Å²) >= 11 is 0. The summed E-state index contributed by atoms with van der Waals surface area (Å²) in [4.78, 5) is 11.8. The minimum Gasteiger partial charge on any atom is -0.387 e. The first-order chi connectivity index (χ1) is 13.2. The Bertz CT molecular complexity index is 901. The molecule has 4 unspecified atom stereocenters. The van der Waals surface area contributed by atoms with Gasteiger partial charge in [0.25, 0.3) is 0 Å². The number of aliphatic hydroxyl groups is 2. The van der Waals surface area contributed by atoms with E-state index in [-0.39, 0.29) is 11.2 Å². The first kappa shape index (κ1) is 19.4. The van der Waals surface area contributed by atoms with Gasteiger partial charge in [-0.05, 0) is 74.6 Å². The van der Waals surface area contributed by atoms with Gasteiger partial charge in [-0.3, -0.25) is 4.79 Å². The lowest BCUT2D eigenvalue weighted by Gasteiger charge is -2.59. The highest BCUT2D eigenvalue weighted by molar-refractivity contribution is 5.94. The molecule has 0 radical (unpaired) electrons. The summed E-state index contributed by atoms with van der Waals surface area (Å²) in [5.41, 5.74) is 1.36. The number of ketones is 1. The molecule has 0 spiro atoms. The summed E-state index contributed by atoms with van der Waals surface area (Å²) in [6, 6.07) is 15.7. The Labute approximate surface area is 167 Å². The quantitative estimate of drug-likeness (QED) is 0.772. The number of rotatable bonds is 3. The van der Waals surface area contributed by atoms with E-state index in [0.717, 1.165) is 30.4 Å². The topological polar surface area (TPSA) is 57.5 Å². The van der Waals surface area contributed by atoms with Gasteiger partial charge in [-0.1, -0.05) is 49.4 Å². The largest absolute Gasteiger partial charge is 0.387 e. The van der Waals surface area contributed by atoms with Crippen molar-refractivity contribution in [1.82, 2.24) is 0 Å². The van der Waals surface area contributed by atoms with E-state index < -0.39 is 11.2 Å². The number of benzene rings is 2. The van der Waals surface area contributed by atoms with Crippen molar-refractivity contribution in [3.8, 4) is 0 Å². The van der Waals surface area contributed by atoms with Crippen molar-refractivity contribution in [2.24, 2.45) is 5.92 Å². The molecule has 2 aromatic rings. The van der Waals surface area contributed by atoms with E-state index in [4.69, 9.17) is 0 Å². The Balaban J connectivity index is 1.81. The lowest BCUT2D eigenvalue weighted by Crippen LogP contribution is -2.62. The summed E-state index contributed by atoms with van der Waals surface area (Å²) in [6.07, 6.45) is 3.85. The van der Waals surface area contributed by atoms with E-state index in [9.17, 15) is 15.0 Å². The maximum Gasteiger partial charge on any atom is 0.159 e. The third-order valence-corrected chi connectivity index (χ3v) is 7.57. The number of carbonyl (C=O) groups excluding carboxylic acids is 1. The van der Waals surface area contributed by atoms with Gasteiger partial charge in [-0.25, -0.2) is 0 Å². The molecular weight excluding hydrogens is 348 g/mol. The molecule has 0 amide bonds. The van der Waals surface area contributed by atoms with Gasteiger partial charge in [-0.15, -0.1) is 0 Å². The van der Waals surface area contributed by atoms with Crippen molar-refractivity contribution in [3.63, 3.8) is 0 Å². The van der Waals surface area contributed by atoms with Crippen LogP contribution in [0.3, 0.4) is 0 Å². The average Bonchev–Trinajstić information content (AvgIpc) is 2.69. The van der Waals surface area contributed by atoms with Gasteiger partial charge in [0.05, 0.1) is 5.60 Å². The van der Waals surface area contributed by atoms with Crippen molar-refractivity contribution >= 4 is 5.78 Å². The van der Waals surface area contributed by atoms with Crippen LogP contribution in [0.2, 0.25) is 0 Å². The second-order valence-electron chi connectivity index (χ2n) is 9.05. The van der Waals surface area contributed by atoms with Crippen LogP contribution < -0.4 is 0 Å². The molecule has 4 atom stereocenters. The van der Waals surface area contributed by atoms with Crippen LogP contribution in [0.25, 0.3) is 0 Å².